The number of benzene rings is 2. The molecule has 2 aromatic rings. The molecule has 2 N–H and O–H groups in total. The Balaban J connectivity index is 1.67. The lowest BCUT2D eigenvalue weighted by Crippen LogP contribution is -2.49. The van der Waals surface area contributed by atoms with Crippen LogP contribution in [0.4, 0.5) is 0 Å². The lowest BCUT2D eigenvalue weighted by atomic mass is 9.71. The quantitative estimate of drug-likeness (QED) is 0.759. The summed E-state index contributed by atoms with van der Waals surface area (Å²) in [6, 6.07) is 20.8. The molecule has 0 bridgehead atoms. The van der Waals surface area contributed by atoms with Gasteiger partial charge in [0.25, 0.3) is 0 Å². The van der Waals surface area contributed by atoms with Crippen molar-refractivity contribution in [1.82, 2.24) is 4.90 Å². The summed E-state index contributed by atoms with van der Waals surface area (Å²) in [4.78, 5) is 14.2. The van der Waals surface area contributed by atoms with Crippen molar-refractivity contribution >= 4 is 5.97 Å². The Hall–Kier alpha value is -2.17. The molecule has 2 aromatic carbocycles. The molecule has 1 fully saturated rings. The Morgan fingerprint density at radius 3 is 2.26 bits per heavy atom. The molecule has 0 aromatic heterocycles. The molecular formula is C23H30N2O2. The second-order valence-corrected chi connectivity index (χ2v) is 7.52. The highest BCUT2D eigenvalue weighted by Gasteiger charge is 2.38. The highest BCUT2D eigenvalue weighted by atomic mass is 16.5. The van der Waals surface area contributed by atoms with Gasteiger partial charge in [0, 0.05) is 18.5 Å². The zero-order valence-electron chi connectivity index (χ0n) is 16.1. The van der Waals surface area contributed by atoms with Crippen molar-refractivity contribution in [3.8, 4) is 0 Å². The topological polar surface area (TPSA) is 55.6 Å². The number of hydrogen-bond acceptors (Lipinski definition) is 4. The fraction of sp³-hybridized carbons (Fsp3) is 0.435. The van der Waals surface area contributed by atoms with Gasteiger partial charge in [0.2, 0.25) is 0 Å². The summed E-state index contributed by atoms with van der Waals surface area (Å²) < 4.78 is 4.85. The van der Waals surface area contributed by atoms with Crippen molar-refractivity contribution in [2.75, 3.05) is 20.2 Å². The zero-order valence-corrected chi connectivity index (χ0v) is 16.1. The lowest BCUT2D eigenvalue weighted by molar-refractivity contribution is -0.141. The van der Waals surface area contributed by atoms with Gasteiger partial charge in [-0.3, -0.25) is 9.69 Å². The van der Waals surface area contributed by atoms with Crippen molar-refractivity contribution in [2.45, 2.75) is 37.8 Å². The number of likely N-dealkylation sites (tertiary alicyclic amines) is 1. The van der Waals surface area contributed by atoms with Gasteiger partial charge < -0.3 is 10.5 Å². The van der Waals surface area contributed by atoms with Crippen LogP contribution < -0.4 is 5.73 Å². The van der Waals surface area contributed by atoms with Crippen LogP contribution in [0.25, 0.3) is 0 Å². The Morgan fingerprint density at radius 1 is 1.07 bits per heavy atom. The molecule has 3 rings (SSSR count). The molecule has 0 saturated carbocycles. The highest BCUT2D eigenvalue weighted by molar-refractivity contribution is 5.69. The first-order valence-corrected chi connectivity index (χ1v) is 9.79. The molecule has 1 aliphatic heterocycles. The number of piperidine rings is 1. The SMILES string of the molecule is COC(=O)CCC(N)(c1ccccc1)C1CCN(Cc2ccccc2)CC1. The minimum atomic E-state index is -0.492. The molecule has 1 unspecified atom stereocenters. The second-order valence-electron chi connectivity index (χ2n) is 7.52. The van der Waals surface area contributed by atoms with E-state index in [1.54, 1.807) is 0 Å². The van der Waals surface area contributed by atoms with Crippen LogP contribution in [-0.2, 0) is 21.6 Å². The Kier molecular flexibility index (Phi) is 6.64. The minimum Gasteiger partial charge on any atom is -0.469 e. The molecule has 1 saturated heterocycles. The van der Waals surface area contributed by atoms with Gasteiger partial charge in [-0.25, -0.2) is 0 Å². The maximum absolute atomic E-state index is 11.7. The van der Waals surface area contributed by atoms with Gasteiger partial charge in [-0.1, -0.05) is 60.7 Å². The molecule has 0 spiro atoms. The summed E-state index contributed by atoms with van der Waals surface area (Å²) in [5.74, 6) is 0.166. The summed E-state index contributed by atoms with van der Waals surface area (Å²) in [6.07, 6.45) is 3.05. The first-order chi connectivity index (χ1) is 13.1. The monoisotopic (exact) mass is 366 g/mol. The molecule has 1 heterocycles. The van der Waals surface area contributed by atoms with Gasteiger partial charge >= 0.3 is 5.97 Å². The van der Waals surface area contributed by atoms with Crippen molar-refractivity contribution in [2.24, 2.45) is 11.7 Å². The van der Waals surface area contributed by atoms with Gasteiger partial charge in [-0.05, 0) is 49.4 Å². The van der Waals surface area contributed by atoms with Crippen LogP contribution in [0.3, 0.4) is 0 Å². The fourth-order valence-electron chi connectivity index (χ4n) is 4.19. The molecule has 4 heteroatoms. The van der Waals surface area contributed by atoms with E-state index in [9.17, 15) is 4.79 Å². The van der Waals surface area contributed by atoms with Crippen molar-refractivity contribution in [1.29, 1.82) is 0 Å². The molecular weight excluding hydrogens is 336 g/mol. The third-order valence-corrected chi connectivity index (χ3v) is 5.85. The van der Waals surface area contributed by atoms with Crippen LogP contribution in [0.5, 0.6) is 0 Å². The van der Waals surface area contributed by atoms with E-state index in [1.807, 2.05) is 18.2 Å². The minimum absolute atomic E-state index is 0.192. The zero-order chi connectivity index (χ0) is 19.1. The molecule has 144 valence electrons. The van der Waals surface area contributed by atoms with Crippen LogP contribution in [0.2, 0.25) is 0 Å². The maximum atomic E-state index is 11.7. The van der Waals surface area contributed by atoms with Gasteiger partial charge in [-0.15, -0.1) is 0 Å². The van der Waals surface area contributed by atoms with Crippen molar-refractivity contribution in [3.05, 3.63) is 71.8 Å². The molecule has 1 atom stereocenters. The van der Waals surface area contributed by atoms with Crippen LogP contribution in [0, 0.1) is 5.92 Å². The number of carbonyl (C=O) groups excluding carboxylic acids is 1. The van der Waals surface area contributed by atoms with Gasteiger partial charge in [0.15, 0.2) is 0 Å². The average molecular weight is 367 g/mol. The molecule has 0 aliphatic carbocycles. The largest absolute Gasteiger partial charge is 0.469 e. The van der Waals surface area contributed by atoms with Crippen LogP contribution >= 0.6 is 0 Å². The van der Waals surface area contributed by atoms with E-state index in [1.165, 1.54) is 12.7 Å². The number of ether oxygens (including phenoxy) is 1. The Morgan fingerprint density at radius 2 is 1.67 bits per heavy atom. The number of carbonyl (C=O) groups is 1. The second kappa shape index (κ2) is 9.16. The van der Waals surface area contributed by atoms with Crippen LogP contribution in [0.15, 0.2) is 60.7 Å². The number of rotatable bonds is 7. The van der Waals surface area contributed by atoms with E-state index in [0.717, 1.165) is 38.0 Å². The third-order valence-electron chi connectivity index (χ3n) is 5.85. The van der Waals surface area contributed by atoms with E-state index in [4.69, 9.17) is 10.5 Å². The lowest BCUT2D eigenvalue weighted by Gasteiger charge is -2.43. The van der Waals surface area contributed by atoms with Crippen LogP contribution in [-0.4, -0.2) is 31.1 Å². The first kappa shape index (κ1) is 19.6. The average Bonchev–Trinajstić information content (AvgIpc) is 2.73. The maximum Gasteiger partial charge on any atom is 0.305 e. The summed E-state index contributed by atoms with van der Waals surface area (Å²) >= 11 is 0. The summed E-state index contributed by atoms with van der Waals surface area (Å²) in [7, 11) is 1.44. The molecule has 4 nitrogen and oxygen atoms in total. The smallest absolute Gasteiger partial charge is 0.305 e. The van der Waals surface area contributed by atoms with E-state index < -0.39 is 5.54 Å². The Bertz CT molecular complexity index is 712. The van der Waals surface area contributed by atoms with Crippen LogP contribution in [0.1, 0.15) is 36.8 Å². The number of nitrogens with zero attached hydrogens (tertiary/aromatic N) is 1. The predicted octanol–water partition coefficient (Wildman–Crippen LogP) is 3.71. The summed E-state index contributed by atoms with van der Waals surface area (Å²) in [5.41, 5.74) is 8.95. The number of hydrogen-bond donors (Lipinski definition) is 1. The summed E-state index contributed by atoms with van der Waals surface area (Å²) in [5, 5.41) is 0. The third kappa shape index (κ3) is 4.96. The van der Waals surface area contributed by atoms with Crippen molar-refractivity contribution < 1.29 is 9.53 Å². The fourth-order valence-corrected chi connectivity index (χ4v) is 4.19. The molecule has 1 aliphatic rings. The van der Waals surface area contributed by atoms with E-state index in [2.05, 4.69) is 47.4 Å². The Labute approximate surface area is 162 Å². The standard InChI is InChI=1S/C23H30N2O2/c1-27-22(26)12-15-23(24,20-10-6-3-7-11-20)21-13-16-25(17-14-21)18-19-8-4-2-5-9-19/h2-11,21H,12-18,24H2,1H3. The van der Waals surface area contributed by atoms with E-state index in [0.29, 0.717) is 18.8 Å². The van der Waals surface area contributed by atoms with E-state index >= 15 is 0 Å². The van der Waals surface area contributed by atoms with Gasteiger partial charge in [-0.2, -0.15) is 0 Å². The summed E-state index contributed by atoms with van der Waals surface area (Å²) in [6.45, 7) is 3.05. The number of nitrogens with two attached hydrogens (primary N) is 1. The molecule has 0 amide bonds. The van der Waals surface area contributed by atoms with E-state index in [-0.39, 0.29) is 5.97 Å². The first-order valence-electron chi connectivity index (χ1n) is 9.79. The molecule has 27 heavy (non-hydrogen) atoms. The number of esters is 1. The normalized spacial score (nSPS) is 18.0. The van der Waals surface area contributed by atoms with Gasteiger partial charge in [0.05, 0.1) is 7.11 Å². The number of methoxy groups -OCH3 is 1. The molecule has 0 radical (unpaired) electrons. The predicted molar refractivity (Wildman–Crippen MR) is 108 cm³/mol. The van der Waals surface area contributed by atoms with Crippen molar-refractivity contribution in [3.63, 3.8) is 0 Å². The highest BCUT2D eigenvalue weighted by Crippen LogP contribution is 2.38. The van der Waals surface area contributed by atoms with Gasteiger partial charge in [0.1, 0.15) is 0 Å².